The van der Waals surface area contributed by atoms with Gasteiger partial charge in [-0.2, -0.15) is 0 Å². The van der Waals surface area contributed by atoms with E-state index < -0.39 is 0 Å². The van der Waals surface area contributed by atoms with E-state index in [1.54, 1.807) is 0 Å². The van der Waals surface area contributed by atoms with Crippen LogP contribution in [0.4, 0.5) is 5.69 Å². The van der Waals surface area contributed by atoms with Crippen molar-refractivity contribution < 1.29 is 4.79 Å². The Kier molecular flexibility index (Phi) is 2.84. The van der Waals surface area contributed by atoms with Gasteiger partial charge in [-0.05, 0) is 30.4 Å². The van der Waals surface area contributed by atoms with Gasteiger partial charge in [0.1, 0.15) is 5.78 Å². The van der Waals surface area contributed by atoms with Crippen molar-refractivity contribution in [3.63, 3.8) is 0 Å². The highest BCUT2D eigenvalue weighted by atomic mass is 79.9. The zero-order valence-electron chi connectivity index (χ0n) is 11.2. The molecule has 4 rings (SSSR count). The summed E-state index contributed by atoms with van der Waals surface area (Å²) < 4.78 is 1.14. The average molecular weight is 330 g/mol. The molecule has 2 aliphatic rings. The van der Waals surface area contributed by atoms with E-state index in [0.29, 0.717) is 17.9 Å². The summed E-state index contributed by atoms with van der Waals surface area (Å²) in [7, 11) is 0. The summed E-state index contributed by atoms with van der Waals surface area (Å²) in [5.74, 6) is 0.440. The summed E-state index contributed by atoms with van der Waals surface area (Å²) in [4.78, 5) is 14.3. The zero-order valence-corrected chi connectivity index (χ0v) is 12.8. The Balaban J connectivity index is 1.87. The lowest BCUT2D eigenvalue weighted by molar-refractivity contribution is -0.120. The van der Waals surface area contributed by atoms with E-state index in [-0.39, 0.29) is 0 Å². The first-order valence-electron chi connectivity index (χ1n) is 7.21. The summed E-state index contributed by atoms with van der Waals surface area (Å²) in [5, 5.41) is 2.54. The minimum atomic E-state index is 0.408. The topological polar surface area (TPSA) is 20.3 Å². The molecule has 2 unspecified atom stereocenters. The number of carbonyl (C=O) groups is 1. The summed E-state index contributed by atoms with van der Waals surface area (Å²) in [6.07, 6.45) is 3.75. The third-order valence-corrected chi connectivity index (χ3v) is 5.36. The van der Waals surface area contributed by atoms with Crippen LogP contribution in [0.2, 0.25) is 0 Å². The van der Waals surface area contributed by atoms with Crippen molar-refractivity contribution in [1.82, 2.24) is 0 Å². The molecule has 0 spiro atoms. The van der Waals surface area contributed by atoms with Gasteiger partial charge < -0.3 is 4.90 Å². The quantitative estimate of drug-likeness (QED) is 0.777. The lowest BCUT2D eigenvalue weighted by atomic mass is 9.98. The molecule has 20 heavy (non-hydrogen) atoms. The molecule has 0 radical (unpaired) electrons. The van der Waals surface area contributed by atoms with Gasteiger partial charge in [-0.15, -0.1) is 0 Å². The molecule has 2 heterocycles. The van der Waals surface area contributed by atoms with Gasteiger partial charge >= 0.3 is 0 Å². The number of hydrogen-bond acceptors (Lipinski definition) is 2. The SMILES string of the molecule is O=C1CC2CCC(C1)N2c1ccc(Br)c2ccccc12. The van der Waals surface area contributed by atoms with Gasteiger partial charge in [0.25, 0.3) is 0 Å². The Morgan fingerprint density at radius 1 is 0.950 bits per heavy atom. The number of halogens is 1. The lowest BCUT2D eigenvalue weighted by Crippen LogP contribution is -2.43. The van der Waals surface area contributed by atoms with Crippen LogP contribution in [0.15, 0.2) is 40.9 Å². The van der Waals surface area contributed by atoms with Gasteiger partial charge in [0.05, 0.1) is 0 Å². The smallest absolute Gasteiger partial charge is 0.137 e. The van der Waals surface area contributed by atoms with Crippen LogP contribution >= 0.6 is 15.9 Å². The van der Waals surface area contributed by atoms with Crippen molar-refractivity contribution >= 4 is 38.2 Å². The minimum Gasteiger partial charge on any atom is -0.364 e. The van der Waals surface area contributed by atoms with Gasteiger partial charge in [0.15, 0.2) is 0 Å². The Hall–Kier alpha value is -1.35. The predicted molar refractivity (Wildman–Crippen MR) is 85.2 cm³/mol. The largest absolute Gasteiger partial charge is 0.364 e. The first-order chi connectivity index (χ1) is 9.74. The molecule has 2 aromatic rings. The second-order valence-electron chi connectivity index (χ2n) is 5.85. The van der Waals surface area contributed by atoms with Crippen molar-refractivity contribution in [1.29, 1.82) is 0 Å². The Labute approximate surface area is 126 Å². The van der Waals surface area contributed by atoms with Gasteiger partial charge in [0, 0.05) is 40.5 Å². The number of carbonyl (C=O) groups excluding carboxylic acids is 1. The number of fused-ring (bicyclic) bond motifs is 3. The molecule has 3 heteroatoms. The Morgan fingerprint density at radius 2 is 1.60 bits per heavy atom. The normalized spacial score (nSPS) is 25.4. The predicted octanol–water partition coefficient (Wildman–Crippen LogP) is 4.30. The number of rotatable bonds is 1. The van der Waals surface area contributed by atoms with E-state index >= 15 is 0 Å². The molecular weight excluding hydrogens is 314 g/mol. The van der Waals surface area contributed by atoms with E-state index in [1.807, 2.05) is 0 Å². The van der Waals surface area contributed by atoms with Gasteiger partial charge in [-0.1, -0.05) is 40.2 Å². The van der Waals surface area contributed by atoms with Crippen LogP contribution in [0, 0.1) is 0 Å². The molecule has 0 amide bonds. The number of Topliss-reactive ketones (excluding diaryl/α,β-unsaturated/α-hetero) is 1. The molecule has 102 valence electrons. The molecule has 2 fully saturated rings. The van der Waals surface area contributed by atoms with E-state index in [1.165, 1.54) is 16.5 Å². The molecule has 2 bridgehead atoms. The van der Waals surface area contributed by atoms with Crippen LogP contribution in [-0.4, -0.2) is 17.9 Å². The fourth-order valence-corrected chi connectivity index (χ4v) is 4.31. The summed E-state index contributed by atoms with van der Waals surface area (Å²) in [6.45, 7) is 0. The fraction of sp³-hybridized carbons (Fsp3) is 0.353. The van der Waals surface area contributed by atoms with Crippen LogP contribution in [0.25, 0.3) is 10.8 Å². The highest BCUT2D eigenvalue weighted by molar-refractivity contribution is 9.10. The van der Waals surface area contributed by atoms with Crippen LogP contribution < -0.4 is 4.90 Å². The molecule has 2 atom stereocenters. The molecule has 2 aromatic carbocycles. The first-order valence-corrected chi connectivity index (χ1v) is 8.00. The highest BCUT2D eigenvalue weighted by Gasteiger charge is 2.40. The third-order valence-electron chi connectivity index (χ3n) is 4.67. The van der Waals surface area contributed by atoms with Gasteiger partial charge in [-0.25, -0.2) is 0 Å². The molecule has 0 saturated carbocycles. The molecule has 0 N–H and O–H groups in total. The van der Waals surface area contributed by atoms with Crippen LogP contribution in [0.1, 0.15) is 25.7 Å². The number of anilines is 1. The maximum absolute atomic E-state index is 11.8. The first kappa shape index (κ1) is 12.4. The monoisotopic (exact) mass is 329 g/mol. The molecular formula is C17H16BrNO. The number of benzene rings is 2. The van der Waals surface area contributed by atoms with Crippen molar-refractivity contribution in [2.24, 2.45) is 0 Å². The Bertz CT molecular complexity index is 680. The van der Waals surface area contributed by atoms with Gasteiger partial charge in [0.2, 0.25) is 0 Å². The van der Waals surface area contributed by atoms with Crippen molar-refractivity contribution in [2.75, 3.05) is 4.90 Å². The van der Waals surface area contributed by atoms with E-state index in [9.17, 15) is 4.79 Å². The summed E-state index contributed by atoms with van der Waals surface area (Å²) >= 11 is 3.64. The third kappa shape index (κ3) is 1.80. The van der Waals surface area contributed by atoms with Crippen LogP contribution in [-0.2, 0) is 4.79 Å². The van der Waals surface area contributed by atoms with E-state index in [0.717, 1.165) is 30.2 Å². The highest BCUT2D eigenvalue weighted by Crippen LogP contribution is 2.42. The average Bonchev–Trinajstić information content (AvgIpc) is 2.72. The van der Waals surface area contributed by atoms with Crippen molar-refractivity contribution in [3.05, 3.63) is 40.9 Å². The molecule has 2 saturated heterocycles. The van der Waals surface area contributed by atoms with Crippen molar-refractivity contribution in [2.45, 2.75) is 37.8 Å². The standard InChI is InChI=1S/C17H16BrNO/c18-16-7-8-17(15-4-2-1-3-14(15)16)19-11-5-6-12(19)10-13(20)9-11/h1-4,7-8,11-12H,5-6,9-10H2. The van der Waals surface area contributed by atoms with Gasteiger partial charge in [-0.3, -0.25) is 4.79 Å². The van der Waals surface area contributed by atoms with Crippen LogP contribution in [0.3, 0.4) is 0 Å². The maximum Gasteiger partial charge on any atom is 0.137 e. The molecule has 2 aliphatic heterocycles. The summed E-state index contributed by atoms with van der Waals surface area (Å²) in [6, 6.07) is 13.7. The number of nitrogens with zero attached hydrogens (tertiary/aromatic N) is 1. The second kappa shape index (κ2) is 4.59. The van der Waals surface area contributed by atoms with Crippen molar-refractivity contribution in [3.8, 4) is 0 Å². The number of hydrogen-bond donors (Lipinski definition) is 0. The Morgan fingerprint density at radius 3 is 2.30 bits per heavy atom. The zero-order chi connectivity index (χ0) is 13.7. The lowest BCUT2D eigenvalue weighted by Gasteiger charge is -2.37. The molecule has 0 aliphatic carbocycles. The molecule has 2 nitrogen and oxygen atoms in total. The second-order valence-corrected chi connectivity index (χ2v) is 6.71. The fourth-order valence-electron chi connectivity index (χ4n) is 3.84. The number of ketones is 1. The summed E-state index contributed by atoms with van der Waals surface area (Å²) in [5.41, 5.74) is 1.30. The minimum absolute atomic E-state index is 0.408. The molecule has 0 aromatic heterocycles. The van der Waals surface area contributed by atoms with Crippen LogP contribution in [0.5, 0.6) is 0 Å². The van der Waals surface area contributed by atoms with E-state index in [4.69, 9.17) is 0 Å². The number of piperidine rings is 1. The maximum atomic E-state index is 11.8. The van der Waals surface area contributed by atoms with E-state index in [2.05, 4.69) is 57.2 Å².